The third kappa shape index (κ3) is 5.02. The molecule has 19 heavy (non-hydrogen) atoms. The molecule has 0 aromatic heterocycles. The third-order valence-electron chi connectivity index (χ3n) is 2.27. The highest BCUT2D eigenvalue weighted by atomic mass is 19.4. The van der Waals surface area contributed by atoms with E-state index in [0.29, 0.717) is 5.56 Å². The van der Waals surface area contributed by atoms with E-state index in [-0.39, 0.29) is 12.1 Å². The van der Waals surface area contributed by atoms with Crippen molar-refractivity contribution in [3.8, 4) is 11.8 Å². The van der Waals surface area contributed by atoms with E-state index in [9.17, 15) is 18.0 Å². The average molecular weight is 270 g/mol. The average Bonchev–Trinajstić information content (AvgIpc) is 2.34. The van der Waals surface area contributed by atoms with Gasteiger partial charge in [-0.05, 0) is 24.6 Å². The van der Waals surface area contributed by atoms with Gasteiger partial charge < -0.3 is 11.1 Å². The van der Waals surface area contributed by atoms with Crippen LogP contribution < -0.4 is 11.1 Å². The lowest BCUT2D eigenvalue weighted by molar-refractivity contribution is -0.123. The van der Waals surface area contributed by atoms with Gasteiger partial charge in [0.15, 0.2) is 0 Å². The number of nitrogens with one attached hydrogen (secondary N) is 1. The van der Waals surface area contributed by atoms with E-state index >= 15 is 0 Å². The molecule has 6 heteroatoms. The van der Waals surface area contributed by atoms with Crippen molar-refractivity contribution < 1.29 is 18.0 Å². The molecule has 0 aliphatic rings. The largest absolute Gasteiger partial charge is 0.405 e. The summed E-state index contributed by atoms with van der Waals surface area (Å²) in [5.41, 5.74) is 6.78. The van der Waals surface area contributed by atoms with Crippen molar-refractivity contribution in [1.29, 1.82) is 0 Å². The lowest BCUT2D eigenvalue weighted by atomic mass is 10.0. The first-order valence-corrected chi connectivity index (χ1v) is 5.48. The molecule has 1 rings (SSSR count). The number of halogens is 3. The Kier molecular flexibility index (Phi) is 4.95. The minimum absolute atomic E-state index is 0.135. The first kappa shape index (κ1) is 15.1. The van der Waals surface area contributed by atoms with Gasteiger partial charge in [0.05, 0.1) is 6.54 Å². The molecule has 0 saturated carbocycles. The minimum Gasteiger partial charge on any atom is -0.343 e. The van der Waals surface area contributed by atoms with Crippen LogP contribution in [0, 0.1) is 18.8 Å². The number of hydrogen-bond donors (Lipinski definition) is 2. The Hall–Kier alpha value is -2.00. The fourth-order valence-electron chi connectivity index (χ4n) is 1.33. The van der Waals surface area contributed by atoms with Gasteiger partial charge in [-0.2, -0.15) is 13.2 Å². The molecule has 102 valence electrons. The molecule has 0 atom stereocenters. The summed E-state index contributed by atoms with van der Waals surface area (Å²) in [4.78, 5) is 11.5. The van der Waals surface area contributed by atoms with Crippen LogP contribution in [-0.2, 0) is 0 Å². The molecule has 0 saturated heterocycles. The van der Waals surface area contributed by atoms with Gasteiger partial charge in [0, 0.05) is 11.1 Å². The van der Waals surface area contributed by atoms with E-state index in [2.05, 4.69) is 11.8 Å². The van der Waals surface area contributed by atoms with Gasteiger partial charge >= 0.3 is 6.18 Å². The van der Waals surface area contributed by atoms with Crippen molar-refractivity contribution in [3.63, 3.8) is 0 Å². The topological polar surface area (TPSA) is 55.1 Å². The van der Waals surface area contributed by atoms with E-state index in [1.165, 1.54) is 12.1 Å². The number of alkyl halides is 3. The molecular formula is C13H13F3N2O. The Labute approximate surface area is 109 Å². The Bertz CT molecular complexity index is 527. The van der Waals surface area contributed by atoms with Crippen LogP contribution in [-0.4, -0.2) is 25.2 Å². The SMILES string of the molecule is Cc1ccc(C(=O)NCC(F)(F)F)cc1C#CCN. The highest BCUT2D eigenvalue weighted by Gasteiger charge is 2.27. The van der Waals surface area contributed by atoms with Gasteiger partial charge in [0.1, 0.15) is 6.54 Å². The molecule has 0 spiro atoms. The normalized spacial score (nSPS) is 10.6. The van der Waals surface area contributed by atoms with Crippen LogP contribution in [0.2, 0.25) is 0 Å². The predicted molar refractivity (Wildman–Crippen MR) is 65.5 cm³/mol. The fourth-order valence-corrected chi connectivity index (χ4v) is 1.33. The lowest BCUT2D eigenvalue weighted by Crippen LogP contribution is -2.33. The number of nitrogens with two attached hydrogens (primary N) is 1. The number of rotatable bonds is 2. The highest BCUT2D eigenvalue weighted by molar-refractivity contribution is 5.94. The summed E-state index contributed by atoms with van der Waals surface area (Å²) in [6.07, 6.45) is -4.43. The van der Waals surface area contributed by atoms with Crippen LogP contribution in [0.1, 0.15) is 21.5 Å². The summed E-state index contributed by atoms with van der Waals surface area (Å²) >= 11 is 0. The maximum absolute atomic E-state index is 12.0. The van der Waals surface area contributed by atoms with Crippen molar-refractivity contribution in [2.24, 2.45) is 5.73 Å². The molecule has 0 aliphatic carbocycles. The molecule has 0 unspecified atom stereocenters. The molecule has 0 heterocycles. The number of carbonyl (C=O) groups is 1. The third-order valence-corrected chi connectivity index (χ3v) is 2.27. The zero-order valence-electron chi connectivity index (χ0n) is 10.3. The van der Waals surface area contributed by atoms with Crippen LogP contribution >= 0.6 is 0 Å². The maximum Gasteiger partial charge on any atom is 0.405 e. The zero-order valence-corrected chi connectivity index (χ0v) is 10.3. The Morgan fingerprint density at radius 2 is 2.11 bits per heavy atom. The number of benzene rings is 1. The first-order valence-electron chi connectivity index (χ1n) is 5.48. The summed E-state index contributed by atoms with van der Waals surface area (Å²) in [6, 6.07) is 4.53. The predicted octanol–water partition coefficient (Wildman–Crippen LogP) is 1.60. The summed E-state index contributed by atoms with van der Waals surface area (Å²) in [5.74, 6) is 4.61. The molecule has 0 aliphatic heterocycles. The van der Waals surface area contributed by atoms with E-state index in [4.69, 9.17) is 5.73 Å². The van der Waals surface area contributed by atoms with Gasteiger partial charge in [-0.1, -0.05) is 17.9 Å². The molecule has 1 amide bonds. The van der Waals surface area contributed by atoms with Crippen LogP contribution in [0.25, 0.3) is 0 Å². The van der Waals surface area contributed by atoms with E-state index in [1.54, 1.807) is 18.3 Å². The minimum atomic E-state index is -4.43. The number of aryl methyl sites for hydroxylation is 1. The van der Waals surface area contributed by atoms with Crippen LogP contribution in [0.5, 0.6) is 0 Å². The van der Waals surface area contributed by atoms with Crippen molar-refractivity contribution in [1.82, 2.24) is 5.32 Å². The van der Waals surface area contributed by atoms with E-state index in [1.807, 2.05) is 0 Å². The summed E-state index contributed by atoms with van der Waals surface area (Å²) < 4.78 is 36.0. The number of hydrogen-bond acceptors (Lipinski definition) is 2. The number of carbonyl (C=O) groups excluding carboxylic acids is 1. The van der Waals surface area contributed by atoms with Crippen molar-refractivity contribution >= 4 is 5.91 Å². The highest BCUT2D eigenvalue weighted by Crippen LogP contribution is 2.14. The van der Waals surface area contributed by atoms with Crippen molar-refractivity contribution in [2.75, 3.05) is 13.1 Å². The second-order valence-corrected chi connectivity index (χ2v) is 3.83. The molecular weight excluding hydrogens is 257 g/mol. The standard InChI is InChI=1S/C13H13F3N2O/c1-9-4-5-11(7-10(9)3-2-6-17)12(19)18-8-13(14,15)16/h4-5,7H,6,8,17H2,1H3,(H,18,19). The van der Waals surface area contributed by atoms with Gasteiger partial charge in [-0.3, -0.25) is 4.79 Å². The van der Waals surface area contributed by atoms with E-state index in [0.717, 1.165) is 5.56 Å². The lowest BCUT2D eigenvalue weighted by Gasteiger charge is -2.09. The Morgan fingerprint density at radius 3 is 2.68 bits per heavy atom. The van der Waals surface area contributed by atoms with Gasteiger partial charge in [-0.25, -0.2) is 0 Å². The number of amides is 1. The Morgan fingerprint density at radius 1 is 1.42 bits per heavy atom. The molecule has 0 bridgehead atoms. The first-order chi connectivity index (χ1) is 8.83. The molecule has 1 aromatic carbocycles. The van der Waals surface area contributed by atoms with Crippen LogP contribution in [0.3, 0.4) is 0 Å². The van der Waals surface area contributed by atoms with Gasteiger partial charge in [-0.15, -0.1) is 0 Å². The molecule has 1 aromatic rings. The quantitative estimate of drug-likeness (QED) is 0.802. The molecule has 0 radical (unpaired) electrons. The van der Waals surface area contributed by atoms with E-state index < -0.39 is 18.6 Å². The summed E-state index contributed by atoms with van der Waals surface area (Å²) in [5, 5.41) is 1.80. The van der Waals surface area contributed by atoms with Gasteiger partial charge in [0.2, 0.25) is 0 Å². The molecule has 3 N–H and O–H groups in total. The fraction of sp³-hybridized carbons (Fsp3) is 0.308. The summed E-state index contributed by atoms with van der Waals surface area (Å²) in [7, 11) is 0. The van der Waals surface area contributed by atoms with Crippen molar-refractivity contribution in [2.45, 2.75) is 13.1 Å². The van der Waals surface area contributed by atoms with Crippen LogP contribution in [0.15, 0.2) is 18.2 Å². The zero-order chi connectivity index (χ0) is 14.5. The Balaban J connectivity index is 2.87. The monoisotopic (exact) mass is 270 g/mol. The van der Waals surface area contributed by atoms with Gasteiger partial charge in [0.25, 0.3) is 5.91 Å². The molecule has 0 fully saturated rings. The van der Waals surface area contributed by atoms with Crippen molar-refractivity contribution in [3.05, 3.63) is 34.9 Å². The summed E-state index contributed by atoms with van der Waals surface area (Å²) in [6.45, 7) is 0.603. The second kappa shape index (κ2) is 6.25. The smallest absolute Gasteiger partial charge is 0.343 e. The van der Waals surface area contributed by atoms with Crippen LogP contribution in [0.4, 0.5) is 13.2 Å². The second-order valence-electron chi connectivity index (χ2n) is 3.83. The molecule has 3 nitrogen and oxygen atoms in total. The maximum atomic E-state index is 12.0.